The van der Waals surface area contributed by atoms with Crippen LogP contribution in [0.5, 0.6) is 0 Å². The Bertz CT molecular complexity index is 333. The topological polar surface area (TPSA) is 49.7 Å². The Morgan fingerprint density at radius 3 is 2.50 bits per heavy atom. The summed E-state index contributed by atoms with van der Waals surface area (Å²) < 4.78 is 30.6. The number of rotatable bonds is 3. The number of aliphatic hydroxyl groups excluding tert-OH is 1. The van der Waals surface area contributed by atoms with Gasteiger partial charge in [0, 0.05) is 12.7 Å². The highest BCUT2D eigenvalue weighted by Gasteiger charge is 2.18. The van der Waals surface area contributed by atoms with Gasteiger partial charge in [-0.3, -0.25) is 0 Å². The minimum atomic E-state index is -1.50. The molecule has 0 fully saturated rings. The number of hydrogen-bond donors (Lipinski definition) is 2. The van der Waals surface area contributed by atoms with Crippen LogP contribution < -0.4 is 5.46 Å². The van der Waals surface area contributed by atoms with Gasteiger partial charge < -0.3 is 14.9 Å². The van der Waals surface area contributed by atoms with Crippen LogP contribution in [0.4, 0.5) is 8.78 Å². The van der Waals surface area contributed by atoms with Crippen molar-refractivity contribution in [1.29, 1.82) is 0 Å². The fourth-order valence-corrected chi connectivity index (χ4v) is 1.04. The Morgan fingerprint density at radius 1 is 1.36 bits per heavy atom. The van der Waals surface area contributed by atoms with Crippen LogP contribution in [0.3, 0.4) is 0 Å². The van der Waals surface area contributed by atoms with Gasteiger partial charge >= 0.3 is 7.48 Å². The lowest BCUT2D eigenvalue weighted by Gasteiger charge is -2.11. The van der Waals surface area contributed by atoms with E-state index in [9.17, 15) is 8.78 Å². The van der Waals surface area contributed by atoms with Crippen molar-refractivity contribution in [3.63, 3.8) is 0 Å². The summed E-state index contributed by atoms with van der Waals surface area (Å²) in [6.07, 6.45) is -1.50. The van der Waals surface area contributed by atoms with Crippen molar-refractivity contribution in [2.24, 2.45) is 0 Å². The molecule has 0 aliphatic heterocycles. The fraction of sp³-hybridized carbons (Fsp3) is 0.250. The highest BCUT2D eigenvalue weighted by molar-refractivity contribution is 6.45. The molecule has 0 saturated heterocycles. The number of aliphatic hydroxyl groups is 1. The average Bonchev–Trinajstić information content (AvgIpc) is 2.21. The van der Waals surface area contributed by atoms with E-state index in [1.165, 1.54) is 13.2 Å². The normalized spacial score (nSPS) is 12.6. The summed E-state index contributed by atoms with van der Waals surface area (Å²) in [6.45, 7) is 0. The number of ether oxygens (including phenoxy) is 1. The molecule has 0 aromatic heterocycles. The van der Waals surface area contributed by atoms with Gasteiger partial charge in [0.15, 0.2) is 17.9 Å². The standard InChI is InChI=1S/C8H9BF2O3/c1-14-8(12)4-2-3-5(9-13)7(11)6(4)10/h2-3,8-9,12-13H,1H3. The molecule has 2 N–H and O–H groups in total. The third-order valence-corrected chi connectivity index (χ3v) is 1.85. The van der Waals surface area contributed by atoms with Crippen molar-refractivity contribution in [3.05, 3.63) is 29.3 Å². The second-order valence-corrected chi connectivity index (χ2v) is 2.69. The lowest BCUT2D eigenvalue weighted by molar-refractivity contribution is -0.0793. The summed E-state index contributed by atoms with van der Waals surface area (Å²) >= 11 is 0. The number of benzene rings is 1. The molecule has 1 aromatic carbocycles. The van der Waals surface area contributed by atoms with E-state index in [0.717, 1.165) is 6.07 Å². The maximum atomic E-state index is 13.2. The molecule has 3 nitrogen and oxygen atoms in total. The quantitative estimate of drug-likeness (QED) is 0.516. The maximum Gasteiger partial charge on any atom is 0.307 e. The second-order valence-electron chi connectivity index (χ2n) is 2.69. The van der Waals surface area contributed by atoms with Crippen LogP contribution in [0.25, 0.3) is 0 Å². The highest BCUT2D eigenvalue weighted by Crippen LogP contribution is 2.18. The molecule has 14 heavy (non-hydrogen) atoms. The summed E-state index contributed by atoms with van der Waals surface area (Å²) in [5.41, 5.74) is -0.447. The minimum absolute atomic E-state index is 0.158. The number of hydrogen-bond acceptors (Lipinski definition) is 3. The van der Waals surface area contributed by atoms with Crippen molar-refractivity contribution >= 4 is 12.9 Å². The van der Waals surface area contributed by atoms with E-state index in [1.807, 2.05) is 0 Å². The first-order valence-electron chi connectivity index (χ1n) is 3.90. The minimum Gasteiger partial charge on any atom is -0.449 e. The molecule has 0 spiro atoms. The molecule has 0 aliphatic rings. The van der Waals surface area contributed by atoms with E-state index >= 15 is 0 Å². The van der Waals surface area contributed by atoms with Gasteiger partial charge in [0.05, 0.1) is 0 Å². The Kier molecular flexibility index (Phi) is 3.57. The first-order chi connectivity index (χ1) is 6.61. The summed E-state index contributed by atoms with van der Waals surface area (Å²) in [5.74, 6) is -2.37. The first-order valence-corrected chi connectivity index (χ1v) is 3.90. The van der Waals surface area contributed by atoms with Crippen molar-refractivity contribution in [3.8, 4) is 0 Å². The zero-order valence-electron chi connectivity index (χ0n) is 7.50. The molecule has 1 atom stereocenters. The van der Waals surface area contributed by atoms with E-state index in [4.69, 9.17) is 10.1 Å². The Labute approximate surface area is 80.2 Å². The Morgan fingerprint density at radius 2 is 2.00 bits per heavy atom. The summed E-state index contributed by atoms with van der Waals surface area (Å²) in [7, 11) is 0.577. The van der Waals surface area contributed by atoms with Crippen LogP contribution in [0.1, 0.15) is 11.9 Å². The van der Waals surface area contributed by atoms with Crippen LogP contribution in [0.15, 0.2) is 12.1 Å². The van der Waals surface area contributed by atoms with Crippen molar-refractivity contribution in [1.82, 2.24) is 0 Å². The monoisotopic (exact) mass is 202 g/mol. The van der Waals surface area contributed by atoms with E-state index in [2.05, 4.69) is 4.74 Å². The van der Waals surface area contributed by atoms with Crippen LogP contribution in [0.2, 0.25) is 0 Å². The van der Waals surface area contributed by atoms with Gasteiger partial charge in [-0.25, -0.2) is 8.78 Å². The lowest BCUT2D eigenvalue weighted by Crippen LogP contribution is -2.21. The van der Waals surface area contributed by atoms with Crippen LogP contribution in [-0.2, 0) is 4.74 Å². The molecular formula is C8H9BF2O3. The summed E-state index contributed by atoms with van der Waals surface area (Å²) in [4.78, 5) is 0. The molecule has 0 aliphatic carbocycles. The van der Waals surface area contributed by atoms with Gasteiger partial charge in [-0.05, 0) is 5.46 Å². The van der Waals surface area contributed by atoms with Crippen LogP contribution in [-0.4, -0.2) is 24.7 Å². The van der Waals surface area contributed by atoms with Gasteiger partial charge in [-0.2, -0.15) is 0 Å². The van der Waals surface area contributed by atoms with Crippen molar-refractivity contribution in [2.75, 3.05) is 7.11 Å². The average molecular weight is 202 g/mol. The molecule has 0 saturated carbocycles. The Hall–Kier alpha value is -0.975. The molecule has 1 unspecified atom stereocenters. The molecule has 0 heterocycles. The van der Waals surface area contributed by atoms with E-state index in [-0.39, 0.29) is 11.0 Å². The zero-order chi connectivity index (χ0) is 10.7. The smallest absolute Gasteiger partial charge is 0.307 e. The molecular weight excluding hydrogens is 193 g/mol. The maximum absolute atomic E-state index is 13.2. The van der Waals surface area contributed by atoms with E-state index in [1.54, 1.807) is 0 Å². The molecule has 0 radical (unpaired) electrons. The second kappa shape index (κ2) is 4.50. The summed E-state index contributed by atoms with van der Waals surface area (Å²) in [5, 5.41) is 17.7. The molecule has 0 amide bonds. The first kappa shape index (κ1) is 11.1. The fourth-order valence-electron chi connectivity index (χ4n) is 1.04. The molecule has 6 heteroatoms. The Balaban J connectivity index is 3.17. The van der Waals surface area contributed by atoms with Gasteiger partial charge in [0.2, 0.25) is 0 Å². The van der Waals surface area contributed by atoms with E-state index in [0.29, 0.717) is 0 Å². The van der Waals surface area contributed by atoms with E-state index < -0.39 is 25.4 Å². The number of halogens is 2. The molecule has 76 valence electrons. The summed E-state index contributed by atoms with van der Waals surface area (Å²) in [6, 6.07) is 2.36. The third-order valence-electron chi connectivity index (χ3n) is 1.85. The highest BCUT2D eigenvalue weighted by atomic mass is 19.2. The SMILES string of the molecule is COC(O)c1ccc(BO)c(F)c1F. The number of methoxy groups -OCH3 is 1. The van der Waals surface area contributed by atoms with Crippen LogP contribution in [0, 0.1) is 11.6 Å². The van der Waals surface area contributed by atoms with Gasteiger partial charge in [-0.15, -0.1) is 0 Å². The molecule has 1 aromatic rings. The molecule has 0 bridgehead atoms. The van der Waals surface area contributed by atoms with Crippen LogP contribution >= 0.6 is 0 Å². The van der Waals surface area contributed by atoms with Crippen molar-refractivity contribution < 1.29 is 23.6 Å². The van der Waals surface area contributed by atoms with Gasteiger partial charge in [0.1, 0.15) is 0 Å². The zero-order valence-corrected chi connectivity index (χ0v) is 7.50. The van der Waals surface area contributed by atoms with Crippen molar-refractivity contribution in [2.45, 2.75) is 6.29 Å². The van der Waals surface area contributed by atoms with Gasteiger partial charge in [-0.1, -0.05) is 12.1 Å². The van der Waals surface area contributed by atoms with Gasteiger partial charge in [0.25, 0.3) is 0 Å². The lowest BCUT2D eigenvalue weighted by atomic mass is 9.87. The molecule has 1 rings (SSSR count). The third kappa shape index (κ3) is 1.92. The predicted octanol–water partition coefficient (Wildman–Crippen LogP) is -0.429. The predicted molar refractivity (Wildman–Crippen MR) is 47.3 cm³/mol. The largest absolute Gasteiger partial charge is 0.449 e.